The number of phenols is 1. The highest BCUT2D eigenvalue weighted by Crippen LogP contribution is 2.32. The van der Waals surface area contributed by atoms with Gasteiger partial charge in [-0.25, -0.2) is 13.2 Å². The predicted molar refractivity (Wildman–Crippen MR) is 187 cm³/mol. The van der Waals surface area contributed by atoms with Gasteiger partial charge in [-0.1, -0.05) is 23.4 Å². The number of anilines is 1. The zero-order chi connectivity index (χ0) is 35.5. The number of rotatable bonds is 6. The van der Waals surface area contributed by atoms with Crippen LogP contribution in [0.3, 0.4) is 0 Å². The van der Waals surface area contributed by atoms with Gasteiger partial charge in [-0.05, 0) is 85.6 Å². The number of hydrogen-bond donors (Lipinski definition) is 3. The fraction of sp³-hybridized carbons (Fsp3) is 0.294. The third kappa shape index (κ3) is 9.00. The Bertz CT molecular complexity index is 2040. The minimum absolute atomic E-state index is 0.0126. The van der Waals surface area contributed by atoms with E-state index in [2.05, 4.69) is 27.6 Å². The monoisotopic (exact) mass is 723 g/mol. The molecule has 12 nitrogen and oxygen atoms in total. The molecule has 0 spiro atoms. The maximum absolute atomic E-state index is 13.9. The highest BCUT2D eigenvalue weighted by atomic mass is 35.5. The molecule has 2 aromatic heterocycles. The van der Waals surface area contributed by atoms with Crippen LogP contribution in [0.5, 0.6) is 5.75 Å². The number of sulfone groups is 1. The number of carbonyl (C=O) groups is 3. The van der Waals surface area contributed by atoms with E-state index in [-0.39, 0.29) is 18.0 Å². The number of aryl methyl sites for hydroxylation is 1. The molecule has 256 valence electrons. The van der Waals surface area contributed by atoms with Gasteiger partial charge in [-0.2, -0.15) is 16.4 Å². The van der Waals surface area contributed by atoms with Gasteiger partial charge in [-0.15, -0.1) is 0 Å². The lowest BCUT2D eigenvalue weighted by molar-refractivity contribution is -0.139. The van der Waals surface area contributed by atoms with Crippen molar-refractivity contribution in [2.45, 2.75) is 38.5 Å². The first-order valence-electron chi connectivity index (χ1n) is 15.1. The fourth-order valence-electron chi connectivity index (χ4n) is 5.09. The van der Waals surface area contributed by atoms with E-state index in [0.29, 0.717) is 38.7 Å². The second-order valence-electron chi connectivity index (χ2n) is 12.3. The number of nitrogens with one attached hydrogen (secondary N) is 2. The van der Waals surface area contributed by atoms with Crippen LogP contribution in [-0.2, 0) is 31.2 Å². The van der Waals surface area contributed by atoms with Gasteiger partial charge < -0.3 is 25.4 Å². The Hall–Kier alpha value is -4.84. The Balaban J connectivity index is 1.33. The van der Waals surface area contributed by atoms with Crippen molar-refractivity contribution in [2.75, 3.05) is 23.4 Å². The van der Waals surface area contributed by atoms with E-state index in [4.69, 9.17) is 16.3 Å². The number of aromatic hydroxyl groups is 1. The van der Waals surface area contributed by atoms with Gasteiger partial charge in [0.15, 0.2) is 9.84 Å². The van der Waals surface area contributed by atoms with Crippen LogP contribution in [-0.4, -0.2) is 75.8 Å². The molecular weight excluding hydrogens is 690 g/mol. The van der Waals surface area contributed by atoms with Crippen LogP contribution in [0, 0.1) is 11.8 Å². The lowest BCUT2D eigenvalue weighted by atomic mass is 10.1. The SMILES string of the molecule is Cn1cc(C#Cc2ccc(NC(=O)[C@H]3CS(=O)(=O)CCN3C(=O)C(NC(=O)OC(C)(C)C)c3ccsc3)cc2)c(-c2cc(Cl)ccc2O)n1. The molecule has 0 bridgehead atoms. The van der Waals surface area contributed by atoms with Crippen molar-refractivity contribution in [3.63, 3.8) is 0 Å². The molecule has 1 aliphatic rings. The molecule has 2 atom stereocenters. The molecule has 4 aromatic rings. The molecule has 0 radical (unpaired) electrons. The number of phenolic OH excluding ortho intramolecular Hbond substituents is 1. The van der Waals surface area contributed by atoms with Gasteiger partial charge in [0, 0.05) is 41.6 Å². The maximum atomic E-state index is 13.9. The first kappa shape index (κ1) is 35.5. The van der Waals surface area contributed by atoms with Crippen molar-refractivity contribution in [3.05, 3.63) is 87.2 Å². The highest BCUT2D eigenvalue weighted by Gasteiger charge is 2.42. The van der Waals surface area contributed by atoms with Crippen molar-refractivity contribution >= 4 is 56.4 Å². The highest BCUT2D eigenvalue weighted by molar-refractivity contribution is 7.91. The van der Waals surface area contributed by atoms with Gasteiger partial charge in [-0.3, -0.25) is 14.3 Å². The number of hydrogen-bond acceptors (Lipinski definition) is 9. The summed E-state index contributed by atoms with van der Waals surface area (Å²) < 4.78 is 32.2. The van der Waals surface area contributed by atoms with E-state index in [1.54, 1.807) is 91.9 Å². The average molecular weight is 724 g/mol. The first-order valence-corrected chi connectivity index (χ1v) is 18.2. The summed E-state index contributed by atoms with van der Waals surface area (Å²) in [5, 5.41) is 23.9. The van der Waals surface area contributed by atoms with E-state index < -0.39 is 51.2 Å². The maximum Gasteiger partial charge on any atom is 0.408 e. The number of thiophene rings is 1. The molecule has 5 rings (SSSR count). The van der Waals surface area contributed by atoms with Crippen molar-refractivity contribution in [1.82, 2.24) is 20.0 Å². The van der Waals surface area contributed by atoms with Gasteiger partial charge in [0.1, 0.15) is 29.1 Å². The summed E-state index contributed by atoms with van der Waals surface area (Å²) in [6, 6.07) is 10.3. The third-order valence-electron chi connectivity index (χ3n) is 7.34. The zero-order valence-electron chi connectivity index (χ0n) is 27.1. The number of aromatic nitrogens is 2. The minimum Gasteiger partial charge on any atom is -0.507 e. The smallest absolute Gasteiger partial charge is 0.408 e. The second-order valence-corrected chi connectivity index (χ2v) is 15.8. The molecule has 0 saturated carbocycles. The summed E-state index contributed by atoms with van der Waals surface area (Å²) in [6.07, 6.45) is 0.891. The topological polar surface area (TPSA) is 160 Å². The Labute approximate surface area is 292 Å². The Morgan fingerprint density at radius 3 is 2.53 bits per heavy atom. The van der Waals surface area contributed by atoms with Gasteiger partial charge in [0.2, 0.25) is 5.91 Å². The molecule has 0 aliphatic carbocycles. The van der Waals surface area contributed by atoms with Gasteiger partial charge >= 0.3 is 6.09 Å². The summed E-state index contributed by atoms with van der Waals surface area (Å²) in [5.74, 6) is 3.88. The number of benzene rings is 2. The van der Waals surface area contributed by atoms with E-state index >= 15 is 0 Å². The fourth-order valence-corrected chi connectivity index (χ4v) is 7.40. The number of alkyl carbamates (subject to hydrolysis) is 1. The van der Waals surface area contributed by atoms with Crippen LogP contribution in [0.15, 0.2) is 65.5 Å². The molecule has 15 heteroatoms. The molecule has 3 N–H and O–H groups in total. The molecule has 1 fully saturated rings. The second kappa shape index (κ2) is 14.3. The largest absolute Gasteiger partial charge is 0.507 e. The predicted octanol–water partition coefficient (Wildman–Crippen LogP) is 4.74. The molecule has 1 saturated heterocycles. The molecule has 2 aromatic carbocycles. The number of carbonyl (C=O) groups excluding carboxylic acids is 3. The Morgan fingerprint density at radius 2 is 1.86 bits per heavy atom. The summed E-state index contributed by atoms with van der Waals surface area (Å²) >= 11 is 7.45. The molecule has 3 amide bonds. The van der Waals surface area contributed by atoms with E-state index in [0.717, 1.165) is 0 Å². The van der Waals surface area contributed by atoms with Crippen LogP contribution in [0.2, 0.25) is 5.02 Å². The lowest BCUT2D eigenvalue weighted by Gasteiger charge is -2.36. The molecular formula is C34H34ClN5O7S2. The third-order valence-corrected chi connectivity index (χ3v) is 9.90. The Morgan fingerprint density at radius 1 is 1.12 bits per heavy atom. The summed E-state index contributed by atoms with van der Waals surface area (Å²) in [6.45, 7) is 4.84. The minimum atomic E-state index is -3.64. The number of nitrogens with zero attached hydrogens (tertiary/aromatic N) is 3. The van der Waals surface area contributed by atoms with Crippen LogP contribution in [0.4, 0.5) is 10.5 Å². The van der Waals surface area contributed by atoms with E-state index in [1.165, 1.54) is 22.3 Å². The van der Waals surface area contributed by atoms with Crippen molar-refractivity contribution in [3.8, 4) is 28.8 Å². The standard InChI is InChI=1S/C34H34ClN5O7S2/c1-34(2,3)47-33(44)37-30(23-13-15-48-19-23)32(43)40-14-16-49(45,46)20-27(40)31(42)36-25-10-6-21(7-11-25)5-8-22-18-39(4)38-29(22)26-17-24(35)9-12-28(26)41/h6-7,9-13,15,17-19,27,30,41H,14,16,20H2,1-4H3,(H,36,42)(H,37,44)/t27-,30?/m1/s1. The number of ether oxygens (including phenoxy) is 1. The zero-order valence-corrected chi connectivity index (χ0v) is 29.4. The Kier molecular flexibility index (Phi) is 10.4. The molecule has 1 unspecified atom stereocenters. The van der Waals surface area contributed by atoms with Crippen molar-refractivity contribution in [1.29, 1.82) is 0 Å². The van der Waals surface area contributed by atoms with Gasteiger partial charge in [0.25, 0.3) is 5.91 Å². The average Bonchev–Trinajstić information content (AvgIpc) is 3.69. The quantitative estimate of drug-likeness (QED) is 0.241. The van der Waals surface area contributed by atoms with Gasteiger partial charge in [0.05, 0.1) is 17.1 Å². The van der Waals surface area contributed by atoms with Crippen LogP contribution >= 0.6 is 22.9 Å². The summed E-state index contributed by atoms with van der Waals surface area (Å²) in [5.41, 5.74) is 2.08. The van der Waals surface area contributed by atoms with Crippen LogP contribution in [0.1, 0.15) is 43.5 Å². The first-order chi connectivity index (χ1) is 23.1. The number of halogens is 1. The van der Waals surface area contributed by atoms with Crippen LogP contribution < -0.4 is 10.6 Å². The normalized spacial score (nSPS) is 16.2. The number of amides is 3. The van der Waals surface area contributed by atoms with Crippen molar-refractivity contribution in [2.24, 2.45) is 7.05 Å². The van der Waals surface area contributed by atoms with E-state index in [1.807, 2.05) is 0 Å². The van der Waals surface area contributed by atoms with E-state index in [9.17, 15) is 27.9 Å². The van der Waals surface area contributed by atoms with Crippen LogP contribution in [0.25, 0.3) is 11.3 Å². The van der Waals surface area contributed by atoms with Crippen molar-refractivity contribution < 1.29 is 32.6 Å². The molecule has 49 heavy (non-hydrogen) atoms. The summed E-state index contributed by atoms with van der Waals surface area (Å²) in [4.78, 5) is 41.3. The molecule has 3 heterocycles. The lowest BCUT2D eigenvalue weighted by Crippen LogP contribution is -2.58. The molecule has 1 aliphatic heterocycles. The summed E-state index contributed by atoms with van der Waals surface area (Å²) in [7, 11) is -1.91.